The smallest absolute Gasteiger partial charge is 0.269 e. The van der Waals surface area contributed by atoms with Crippen LogP contribution < -0.4 is 10.3 Å². The minimum atomic E-state index is -4.17. The van der Waals surface area contributed by atoms with E-state index < -0.39 is 27.6 Å². The van der Waals surface area contributed by atoms with Gasteiger partial charge in [-0.2, -0.15) is 0 Å². The van der Waals surface area contributed by atoms with E-state index in [2.05, 4.69) is 0 Å². The number of benzene rings is 2. The van der Waals surface area contributed by atoms with E-state index >= 15 is 0 Å². The van der Waals surface area contributed by atoms with Crippen LogP contribution in [-0.2, 0) is 10.0 Å². The summed E-state index contributed by atoms with van der Waals surface area (Å²) in [7, 11) is -4.17. The van der Waals surface area contributed by atoms with Crippen LogP contribution in [0.2, 0.25) is 5.02 Å². The normalized spacial score (nSPS) is 11.2. The minimum absolute atomic E-state index is 0.331. The quantitative estimate of drug-likeness (QED) is 0.834. The van der Waals surface area contributed by atoms with E-state index in [1.165, 1.54) is 18.2 Å². The molecule has 0 aromatic heterocycles. The Hall–Kier alpha value is -2.03. The molecule has 2 aromatic carbocycles. The fourth-order valence-corrected chi connectivity index (χ4v) is 2.64. The lowest BCUT2D eigenvalue weighted by Crippen LogP contribution is -2.41. The summed E-state index contributed by atoms with van der Waals surface area (Å²) in [5.41, 5.74) is 1.53. The van der Waals surface area contributed by atoms with Crippen LogP contribution >= 0.6 is 11.6 Å². The molecule has 2 rings (SSSR count). The summed E-state index contributed by atoms with van der Waals surface area (Å²) in [6, 6.07) is 7.78. The Labute approximate surface area is 129 Å². The highest BCUT2D eigenvalue weighted by molar-refractivity contribution is 7.89. The van der Waals surface area contributed by atoms with Crippen LogP contribution in [0.3, 0.4) is 0 Å². The number of carbonyl (C=O) groups excluding carboxylic acids is 1. The third-order valence-electron chi connectivity index (χ3n) is 2.62. The molecule has 0 aliphatic rings. The van der Waals surface area contributed by atoms with Crippen LogP contribution in [-0.4, -0.2) is 14.3 Å². The summed E-state index contributed by atoms with van der Waals surface area (Å²) < 4.78 is 50.2. The molecule has 0 saturated heterocycles. The lowest BCUT2D eigenvalue weighted by molar-refractivity contribution is 0.0941. The number of hydrogen-bond acceptors (Lipinski definition) is 3. The third kappa shape index (κ3) is 3.59. The third-order valence-corrected chi connectivity index (χ3v) is 4.15. The van der Waals surface area contributed by atoms with Crippen molar-refractivity contribution in [2.45, 2.75) is 4.90 Å². The first-order chi connectivity index (χ1) is 10.3. The van der Waals surface area contributed by atoms with Crippen molar-refractivity contribution in [3.8, 4) is 0 Å². The molecule has 9 heteroatoms. The number of rotatable bonds is 4. The average Bonchev–Trinajstić information content (AvgIpc) is 2.48. The van der Waals surface area contributed by atoms with Crippen molar-refractivity contribution in [3.05, 3.63) is 64.7 Å². The number of hydrazine groups is 1. The molecule has 0 heterocycles. The summed E-state index contributed by atoms with van der Waals surface area (Å²) in [4.78, 5) is 13.1. The van der Waals surface area contributed by atoms with Gasteiger partial charge in [0.2, 0.25) is 0 Å². The molecule has 0 radical (unpaired) electrons. The van der Waals surface area contributed by atoms with Crippen molar-refractivity contribution in [1.82, 2.24) is 10.3 Å². The first-order valence-corrected chi connectivity index (χ1v) is 7.69. The first-order valence-electron chi connectivity index (χ1n) is 5.83. The van der Waals surface area contributed by atoms with E-state index in [0.717, 1.165) is 24.3 Å². The van der Waals surface area contributed by atoms with Gasteiger partial charge in [-0.3, -0.25) is 10.2 Å². The molecule has 22 heavy (non-hydrogen) atoms. The highest BCUT2D eigenvalue weighted by atomic mass is 35.5. The number of nitrogens with one attached hydrogen (secondary N) is 2. The van der Waals surface area contributed by atoms with Crippen molar-refractivity contribution in [1.29, 1.82) is 0 Å². The summed E-state index contributed by atoms with van der Waals surface area (Å²) >= 11 is 5.50. The molecule has 0 spiro atoms. The van der Waals surface area contributed by atoms with Crippen molar-refractivity contribution in [3.63, 3.8) is 0 Å². The Kier molecular flexibility index (Phi) is 4.74. The topological polar surface area (TPSA) is 75.3 Å². The summed E-state index contributed by atoms with van der Waals surface area (Å²) in [5.74, 6) is -2.56. The second-order valence-corrected chi connectivity index (χ2v) is 6.20. The molecule has 0 aliphatic carbocycles. The SMILES string of the molecule is O=C(NNS(=O)(=O)c1ccc(F)c(Cl)c1)c1ccccc1F. The maximum Gasteiger partial charge on any atom is 0.269 e. The zero-order chi connectivity index (χ0) is 16.3. The van der Waals surface area contributed by atoms with E-state index in [4.69, 9.17) is 11.6 Å². The molecular weight excluding hydrogens is 338 g/mol. The molecule has 5 nitrogen and oxygen atoms in total. The minimum Gasteiger partial charge on any atom is -0.273 e. The van der Waals surface area contributed by atoms with Gasteiger partial charge in [-0.25, -0.2) is 17.2 Å². The molecule has 0 saturated carbocycles. The van der Waals surface area contributed by atoms with Crippen LogP contribution in [0.5, 0.6) is 0 Å². The molecule has 2 aromatic rings. The summed E-state index contributed by atoms with van der Waals surface area (Å²) in [6.07, 6.45) is 0. The Morgan fingerprint density at radius 1 is 1.05 bits per heavy atom. The van der Waals surface area contributed by atoms with E-state index in [1.807, 2.05) is 5.43 Å². The standard InChI is InChI=1S/C13H9ClF2N2O3S/c14-10-7-8(5-6-12(10)16)22(20,21)18-17-13(19)9-3-1-2-4-11(9)15/h1-7,18H,(H,17,19). The fraction of sp³-hybridized carbons (Fsp3) is 0. The van der Waals surface area contributed by atoms with Crippen molar-refractivity contribution < 1.29 is 22.0 Å². The van der Waals surface area contributed by atoms with E-state index in [1.54, 1.807) is 4.83 Å². The highest BCUT2D eigenvalue weighted by Crippen LogP contribution is 2.19. The van der Waals surface area contributed by atoms with Crippen LogP contribution in [0.15, 0.2) is 47.4 Å². The first kappa shape index (κ1) is 16.3. The number of amides is 1. The molecule has 0 atom stereocenters. The molecule has 116 valence electrons. The Balaban J connectivity index is 2.14. The van der Waals surface area contributed by atoms with E-state index in [0.29, 0.717) is 0 Å². The predicted octanol–water partition coefficient (Wildman–Crippen LogP) is 2.24. The van der Waals surface area contributed by atoms with Gasteiger partial charge < -0.3 is 0 Å². The van der Waals surface area contributed by atoms with Gasteiger partial charge in [0, 0.05) is 0 Å². The maximum absolute atomic E-state index is 13.4. The van der Waals surface area contributed by atoms with Gasteiger partial charge >= 0.3 is 0 Å². The van der Waals surface area contributed by atoms with Crippen LogP contribution in [0.25, 0.3) is 0 Å². The van der Waals surface area contributed by atoms with E-state index in [9.17, 15) is 22.0 Å². The van der Waals surface area contributed by atoms with Crippen LogP contribution in [0.4, 0.5) is 8.78 Å². The fourth-order valence-electron chi connectivity index (χ4n) is 1.53. The van der Waals surface area contributed by atoms with Gasteiger partial charge in [0.15, 0.2) is 0 Å². The van der Waals surface area contributed by atoms with Gasteiger partial charge in [-0.1, -0.05) is 23.7 Å². The lowest BCUT2D eigenvalue weighted by Gasteiger charge is -2.09. The van der Waals surface area contributed by atoms with Crippen molar-refractivity contribution >= 4 is 27.5 Å². The van der Waals surface area contributed by atoms with Gasteiger partial charge in [0.1, 0.15) is 11.6 Å². The molecular formula is C13H9ClF2N2O3S. The average molecular weight is 347 g/mol. The van der Waals surface area contributed by atoms with Crippen LogP contribution in [0.1, 0.15) is 10.4 Å². The second kappa shape index (κ2) is 6.39. The number of halogens is 3. The Morgan fingerprint density at radius 3 is 2.36 bits per heavy atom. The second-order valence-electron chi connectivity index (χ2n) is 4.12. The molecule has 1 amide bonds. The zero-order valence-corrected chi connectivity index (χ0v) is 12.4. The molecule has 0 aliphatic heterocycles. The maximum atomic E-state index is 13.4. The monoisotopic (exact) mass is 346 g/mol. The molecule has 0 fully saturated rings. The van der Waals surface area contributed by atoms with Gasteiger partial charge in [0.05, 0.1) is 15.5 Å². The zero-order valence-electron chi connectivity index (χ0n) is 10.8. The van der Waals surface area contributed by atoms with E-state index in [-0.39, 0.29) is 15.5 Å². The largest absolute Gasteiger partial charge is 0.273 e. The predicted molar refractivity (Wildman–Crippen MR) is 75.6 cm³/mol. The molecule has 2 N–H and O–H groups in total. The Bertz CT molecular complexity index is 828. The molecule has 0 bridgehead atoms. The highest BCUT2D eigenvalue weighted by Gasteiger charge is 2.18. The van der Waals surface area contributed by atoms with Gasteiger partial charge in [-0.05, 0) is 30.3 Å². The van der Waals surface area contributed by atoms with Crippen LogP contribution in [0, 0.1) is 11.6 Å². The number of hydrogen-bond donors (Lipinski definition) is 2. The Morgan fingerprint density at radius 2 is 1.73 bits per heavy atom. The summed E-state index contributed by atoms with van der Waals surface area (Å²) in [6.45, 7) is 0. The van der Waals surface area contributed by atoms with Crippen molar-refractivity contribution in [2.75, 3.05) is 0 Å². The van der Waals surface area contributed by atoms with Gasteiger partial charge in [0.25, 0.3) is 15.9 Å². The summed E-state index contributed by atoms with van der Waals surface area (Å²) in [5, 5.41) is -0.386. The van der Waals surface area contributed by atoms with Gasteiger partial charge in [-0.15, -0.1) is 4.83 Å². The van der Waals surface area contributed by atoms with Crippen molar-refractivity contribution in [2.24, 2.45) is 0 Å². The number of sulfonamides is 1. The number of carbonyl (C=O) groups is 1. The molecule has 0 unspecified atom stereocenters. The lowest BCUT2D eigenvalue weighted by atomic mass is 10.2.